The molecular formula is C19H24O5. The largest absolute Gasteiger partial charge is 0.481 e. The van der Waals surface area contributed by atoms with Crippen molar-refractivity contribution in [3.8, 4) is 0 Å². The van der Waals surface area contributed by atoms with Gasteiger partial charge < -0.3 is 15.3 Å². The number of carbonyl (C=O) groups is 2. The van der Waals surface area contributed by atoms with Gasteiger partial charge in [-0.25, -0.2) is 0 Å². The fourth-order valence-electron chi connectivity index (χ4n) is 6.49. The van der Waals surface area contributed by atoms with E-state index in [-0.39, 0.29) is 12.3 Å². The molecule has 0 aromatic carbocycles. The molecule has 0 saturated heterocycles. The van der Waals surface area contributed by atoms with Crippen LogP contribution in [0.25, 0.3) is 0 Å². The van der Waals surface area contributed by atoms with Crippen LogP contribution in [0.4, 0.5) is 0 Å². The maximum atomic E-state index is 12.3. The van der Waals surface area contributed by atoms with Gasteiger partial charge >= 0.3 is 11.9 Å². The van der Waals surface area contributed by atoms with Gasteiger partial charge in [0.1, 0.15) is 0 Å². The molecule has 0 heterocycles. The standard InChI is InChI=1S/C19H24O5/c1-9-7-19-8-10(9)3-5-12(19)11-4-6-13(20)18(2,17(23)24)14(11)15(19)16(21)22/h4,10,12-15,20H,1,3,5-8H2,2H3,(H,21,22)(H,23,24)/t10-,12-,13+,14-,15-,18-,19+/m1/s1. The molecule has 7 atom stereocenters. The minimum Gasteiger partial charge on any atom is -0.481 e. The Morgan fingerprint density at radius 3 is 2.62 bits per heavy atom. The van der Waals surface area contributed by atoms with E-state index in [0.717, 1.165) is 30.4 Å². The van der Waals surface area contributed by atoms with E-state index in [1.165, 1.54) is 6.92 Å². The van der Waals surface area contributed by atoms with Crippen molar-refractivity contribution in [2.75, 3.05) is 0 Å². The lowest BCUT2D eigenvalue weighted by molar-refractivity contribution is -0.166. The number of allylic oxidation sites excluding steroid dienone is 2. The fraction of sp³-hybridized carbons (Fsp3) is 0.684. The number of hydrogen-bond acceptors (Lipinski definition) is 3. The van der Waals surface area contributed by atoms with Crippen molar-refractivity contribution in [3.05, 3.63) is 23.8 Å². The lowest BCUT2D eigenvalue weighted by atomic mass is 9.60. The first kappa shape index (κ1) is 15.9. The Morgan fingerprint density at radius 2 is 2.00 bits per heavy atom. The minimum atomic E-state index is -1.45. The Morgan fingerprint density at radius 1 is 1.29 bits per heavy atom. The molecule has 0 aromatic heterocycles. The van der Waals surface area contributed by atoms with Gasteiger partial charge in [-0.05, 0) is 56.3 Å². The molecule has 3 N–H and O–H groups in total. The highest BCUT2D eigenvalue weighted by molar-refractivity contribution is 5.81. The highest BCUT2D eigenvalue weighted by Gasteiger charge is 2.70. The number of fused-ring (bicyclic) bond motifs is 3. The second-order valence-electron chi connectivity index (χ2n) is 8.44. The summed E-state index contributed by atoms with van der Waals surface area (Å²) in [5.41, 5.74) is 0.244. The third-order valence-electron chi connectivity index (χ3n) is 7.61. The summed E-state index contributed by atoms with van der Waals surface area (Å²) in [5.74, 6) is -2.93. The van der Waals surface area contributed by atoms with Gasteiger partial charge in [0.05, 0.1) is 17.4 Å². The summed E-state index contributed by atoms with van der Waals surface area (Å²) in [6.45, 7) is 5.70. The summed E-state index contributed by atoms with van der Waals surface area (Å²) < 4.78 is 0. The molecule has 0 unspecified atom stereocenters. The molecule has 130 valence electrons. The van der Waals surface area contributed by atoms with E-state index in [1.54, 1.807) is 0 Å². The van der Waals surface area contributed by atoms with E-state index in [0.29, 0.717) is 12.3 Å². The zero-order valence-electron chi connectivity index (χ0n) is 13.9. The number of aliphatic hydroxyl groups excluding tert-OH is 1. The zero-order chi connectivity index (χ0) is 17.4. The molecule has 0 amide bonds. The Labute approximate surface area is 141 Å². The Hall–Kier alpha value is -1.62. The van der Waals surface area contributed by atoms with Crippen LogP contribution in [0.15, 0.2) is 23.8 Å². The van der Waals surface area contributed by atoms with Gasteiger partial charge in [0.25, 0.3) is 0 Å². The summed E-state index contributed by atoms with van der Waals surface area (Å²) >= 11 is 0. The highest BCUT2D eigenvalue weighted by atomic mass is 16.4. The van der Waals surface area contributed by atoms with Crippen molar-refractivity contribution in [3.63, 3.8) is 0 Å². The molecule has 0 radical (unpaired) electrons. The third kappa shape index (κ3) is 1.64. The van der Waals surface area contributed by atoms with Crippen LogP contribution in [-0.4, -0.2) is 33.4 Å². The normalized spacial score (nSPS) is 49.3. The zero-order valence-corrected chi connectivity index (χ0v) is 13.9. The first-order valence-electron chi connectivity index (χ1n) is 8.75. The quantitative estimate of drug-likeness (QED) is 0.675. The topological polar surface area (TPSA) is 94.8 Å². The van der Waals surface area contributed by atoms with Crippen LogP contribution in [0, 0.1) is 34.5 Å². The van der Waals surface area contributed by atoms with E-state index in [9.17, 15) is 24.9 Å². The molecule has 4 aliphatic carbocycles. The molecule has 0 aliphatic heterocycles. The maximum absolute atomic E-state index is 12.3. The van der Waals surface area contributed by atoms with Crippen molar-refractivity contribution in [1.82, 2.24) is 0 Å². The number of carboxylic acid groups (broad SMARTS) is 2. The van der Waals surface area contributed by atoms with Gasteiger partial charge in [0, 0.05) is 5.92 Å². The van der Waals surface area contributed by atoms with Crippen molar-refractivity contribution in [1.29, 1.82) is 0 Å². The minimum absolute atomic E-state index is 0.116. The van der Waals surface area contributed by atoms with Crippen LogP contribution in [0.2, 0.25) is 0 Å². The molecule has 2 bridgehead atoms. The number of aliphatic carboxylic acids is 2. The van der Waals surface area contributed by atoms with Gasteiger partial charge in [-0.1, -0.05) is 23.8 Å². The average Bonchev–Trinajstić information content (AvgIpc) is 2.94. The molecule has 0 aromatic rings. The summed E-state index contributed by atoms with van der Waals surface area (Å²) in [7, 11) is 0. The average molecular weight is 332 g/mol. The molecular weight excluding hydrogens is 308 g/mol. The Balaban J connectivity index is 1.92. The van der Waals surface area contributed by atoms with E-state index >= 15 is 0 Å². The lowest BCUT2D eigenvalue weighted by Gasteiger charge is -2.42. The fourth-order valence-corrected chi connectivity index (χ4v) is 6.49. The van der Waals surface area contributed by atoms with E-state index in [4.69, 9.17) is 0 Å². The second-order valence-corrected chi connectivity index (χ2v) is 8.44. The Bertz CT molecular complexity index is 679. The smallest absolute Gasteiger partial charge is 0.312 e. The van der Waals surface area contributed by atoms with E-state index in [2.05, 4.69) is 6.58 Å². The van der Waals surface area contributed by atoms with Crippen molar-refractivity contribution in [2.24, 2.45) is 34.5 Å². The van der Waals surface area contributed by atoms with Gasteiger partial charge in [-0.3, -0.25) is 9.59 Å². The van der Waals surface area contributed by atoms with Gasteiger partial charge in [0.15, 0.2) is 0 Å². The predicted molar refractivity (Wildman–Crippen MR) is 86.1 cm³/mol. The molecule has 3 fully saturated rings. The summed E-state index contributed by atoms with van der Waals surface area (Å²) in [4.78, 5) is 24.4. The van der Waals surface area contributed by atoms with Gasteiger partial charge in [-0.15, -0.1) is 0 Å². The molecule has 1 spiro atoms. The lowest BCUT2D eigenvalue weighted by Crippen LogP contribution is -2.52. The number of rotatable bonds is 2. The highest BCUT2D eigenvalue weighted by Crippen LogP contribution is 2.72. The molecule has 4 rings (SSSR count). The summed E-state index contributed by atoms with van der Waals surface area (Å²) in [6.07, 6.45) is 4.57. The molecule has 5 heteroatoms. The first-order chi connectivity index (χ1) is 11.2. The molecule has 3 saturated carbocycles. The number of hydrogen-bond donors (Lipinski definition) is 3. The predicted octanol–water partition coefficient (Wildman–Crippen LogP) is 2.46. The van der Waals surface area contributed by atoms with Crippen molar-refractivity contribution >= 4 is 11.9 Å². The second kappa shape index (κ2) is 4.72. The summed E-state index contributed by atoms with van der Waals surface area (Å²) in [5, 5.41) is 30.4. The molecule has 4 aliphatic rings. The van der Waals surface area contributed by atoms with Crippen molar-refractivity contribution < 1.29 is 24.9 Å². The monoisotopic (exact) mass is 332 g/mol. The van der Waals surface area contributed by atoms with Crippen molar-refractivity contribution in [2.45, 2.75) is 45.1 Å². The van der Waals surface area contributed by atoms with Gasteiger partial charge in [-0.2, -0.15) is 0 Å². The molecule has 24 heavy (non-hydrogen) atoms. The van der Waals surface area contributed by atoms with E-state index in [1.807, 2.05) is 6.08 Å². The van der Waals surface area contributed by atoms with Gasteiger partial charge in [0.2, 0.25) is 0 Å². The SMILES string of the molecule is C=C1C[C@]23C[C@H]1CC[C@@H]2C1=CC[C@H](O)[C@@](C)(C(=O)O)[C@H]1[C@@H]3C(=O)O. The third-order valence-corrected chi connectivity index (χ3v) is 7.61. The van der Waals surface area contributed by atoms with Crippen LogP contribution < -0.4 is 0 Å². The van der Waals surface area contributed by atoms with Crippen LogP contribution in [0.1, 0.15) is 39.0 Å². The first-order valence-corrected chi connectivity index (χ1v) is 8.75. The maximum Gasteiger partial charge on any atom is 0.312 e. The van der Waals surface area contributed by atoms with E-state index < -0.39 is 40.7 Å². The number of aliphatic hydroxyl groups is 1. The number of carboxylic acids is 2. The summed E-state index contributed by atoms with van der Waals surface area (Å²) in [6, 6.07) is 0. The van der Waals surface area contributed by atoms with Crippen LogP contribution in [0.3, 0.4) is 0 Å². The van der Waals surface area contributed by atoms with Crippen LogP contribution in [0.5, 0.6) is 0 Å². The van der Waals surface area contributed by atoms with Crippen LogP contribution in [-0.2, 0) is 9.59 Å². The Kier molecular flexibility index (Phi) is 3.12. The molecule has 5 nitrogen and oxygen atoms in total. The van der Waals surface area contributed by atoms with Crippen LogP contribution >= 0.6 is 0 Å².